The fraction of sp³-hybridized carbons (Fsp3) is 0.0333. The number of hydrogen-bond acceptors (Lipinski definition) is 5. The van der Waals surface area contributed by atoms with Gasteiger partial charge in [-0.25, -0.2) is 4.98 Å². The Kier molecular flexibility index (Phi) is 5.77. The van der Waals surface area contributed by atoms with Crippen LogP contribution in [-0.2, 0) is 0 Å². The van der Waals surface area contributed by atoms with Gasteiger partial charge in [-0.15, -0.1) is 0 Å². The Morgan fingerprint density at radius 1 is 0.895 bits per heavy atom. The Balaban J connectivity index is 1.41. The summed E-state index contributed by atoms with van der Waals surface area (Å²) in [7, 11) is 1.97. The average Bonchev–Trinajstić information content (AvgIpc) is 3.18. The molecular weight excluding hydrogens is 543 g/mol. The molecule has 1 aliphatic rings. The number of hydrogen-bond donors (Lipinski definition) is 1. The molecule has 4 aromatic carbocycles. The number of para-hydroxylation sites is 1. The molecule has 1 amide bonds. The molecule has 1 heterocycles. The first kappa shape index (κ1) is 23.9. The van der Waals surface area contributed by atoms with Crippen LogP contribution in [0.4, 0.5) is 5.69 Å². The molecule has 0 bridgehead atoms. The van der Waals surface area contributed by atoms with Crippen molar-refractivity contribution in [3.63, 3.8) is 0 Å². The van der Waals surface area contributed by atoms with Crippen LogP contribution in [0.2, 0.25) is 0 Å². The summed E-state index contributed by atoms with van der Waals surface area (Å²) in [5.74, 6) is -2.11. The van der Waals surface area contributed by atoms with E-state index in [2.05, 4.69) is 21.2 Å². The normalized spacial score (nSPS) is 14.6. The maximum Gasteiger partial charge on any atom is 0.256 e. The lowest BCUT2D eigenvalue weighted by Gasteiger charge is -2.12. The number of nitrogens with one attached hydrogen (secondary N) is 1. The number of pyridine rings is 1. The van der Waals surface area contributed by atoms with Crippen LogP contribution in [0, 0.1) is 0 Å². The summed E-state index contributed by atoms with van der Waals surface area (Å²) in [6, 6.07) is 22.7. The summed E-state index contributed by atoms with van der Waals surface area (Å²) in [6.07, 6.45) is 0.632. The van der Waals surface area contributed by atoms with Crippen molar-refractivity contribution < 1.29 is 19.2 Å². The van der Waals surface area contributed by atoms with E-state index in [1.807, 2.05) is 26.0 Å². The Hall–Kier alpha value is -4.43. The summed E-state index contributed by atoms with van der Waals surface area (Å²) in [6.45, 7) is 0. The van der Waals surface area contributed by atoms with E-state index in [0.717, 1.165) is 26.1 Å². The molecular formula is C30H18BBrN2O4. The van der Waals surface area contributed by atoms with Gasteiger partial charge < -0.3 is 5.32 Å². The summed E-state index contributed by atoms with van der Waals surface area (Å²) in [5, 5.41) is 5.35. The zero-order valence-electron chi connectivity index (χ0n) is 20.1. The number of aldehydes is 1. The monoisotopic (exact) mass is 560 g/mol. The topological polar surface area (TPSA) is 93.2 Å². The van der Waals surface area contributed by atoms with Crippen molar-refractivity contribution in [1.29, 1.82) is 0 Å². The number of carbonyl (C=O) groups is 4. The van der Waals surface area contributed by atoms with Gasteiger partial charge in [-0.3, -0.25) is 19.2 Å². The van der Waals surface area contributed by atoms with Crippen LogP contribution >= 0.6 is 15.9 Å². The van der Waals surface area contributed by atoms with Crippen LogP contribution in [0.15, 0.2) is 83.3 Å². The van der Waals surface area contributed by atoms with Crippen LogP contribution in [0.1, 0.15) is 53.0 Å². The molecule has 6 nitrogen and oxygen atoms in total. The van der Waals surface area contributed by atoms with Gasteiger partial charge in [0.05, 0.1) is 22.5 Å². The fourth-order valence-electron chi connectivity index (χ4n) is 5.03. The number of carbonyl (C=O) groups excluding carboxylic acids is 4. The first-order chi connectivity index (χ1) is 18.4. The second-order valence-electron chi connectivity index (χ2n) is 9.24. The standard InChI is InChI=1S/C30H18BBrN2O4/c31-22-9-10-23(32)19-13-21-20(12-18(19)22)28(36)26(29(21)37)24-11-8-15-5-3-7-25(27(15)33-24)34-30(38)17-6-2-1-4-16(17)14-35/h1-14,26H,31H2,(H,34,38). The molecule has 0 radical (unpaired) electrons. The van der Waals surface area contributed by atoms with Crippen molar-refractivity contribution >= 4 is 80.4 Å². The summed E-state index contributed by atoms with van der Waals surface area (Å²) in [4.78, 5) is 56.1. The minimum atomic E-state index is -1.06. The lowest BCUT2D eigenvalue weighted by molar-refractivity contribution is 0.0887. The first-order valence-electron chi connectivity index (χ1n) is 11.9. The molecule has 0 saturated heterocycles. The third-order valence-electron chi connectivity index (χ3n) is 6.99. The lowest BCUT2D eigenvalue weighted by Crippen LogP contribution is -2.16. The molecule has 8 heteroatoms. The number of amides is 1. The zero-order valence-corrected chi connectivity index (χ0v) is 21.7. The highest BCUT2D eigenvalue weighted by atomic mass is 79.9. The van der Waals surface area contributed by atoms with E-state index < -0.39 is 11.8 Å². The van der Waals surface area contributed by atoms with Crippen molar-refractivity contribution in [2.24, 2.45) is 0 Å². The van der Waals surface area contributed by atoms with E-state index in [0.29, 0.717) is 34.3 Å². The van der Waals surface area contributed by atoms with E-state index in [-0.39, 0.29) is 22.7 Å². The van der Waals surface area contributed by atoms with Crippen molar-refractivity contribution in [2.75, 3.05) is 5.32 Å². The Bertz CT molecular complexity index is 1810. The maximum atomic E-state index is 13.5. The highest BCUT2D eigenvalue weighted by Gasteiger charge is 2.41. The minimum absolute atomic E-state index is 0.237. The van der Waals surface area contributed by atoms with Gasteiger partial charge in [-0.2, -0.15) is 0 Å². The molecule has 1 atom stereocenters. The lowest BCUT2D eigenvalue weighted by atomic mass is 9.88. The van der Waals surface area contributed by atoms with E-state index >= 15 is 0 Å². The van der Waals surface area contributed by atoms with Crippen molar-refractivity contribution in [3.8, 4) is 0 Å². The maximum absolute atomic E-state index is 13.5. The first-order valence-corrected chi connectivity index (χ1v) is 12.7. The van der Waals surface area contributed by atoms with E-state index in [1.165, 1.54) is 0 Å². The van der Waals surface area contributed by atoms with Crippen molar-refractivity contribution in [1.82, 2.24) is 4.98 Å². The SMILES string of the molecule is Bc1ccc(Br)c2cc3c(cc12)C(=O)C(c1ccc2cccc(NC(=O)c4ccccc4C=O)c2n1)C3=O. The third-order valence-corrected chi connectivity index (χ3v) is 7.68. The van der Waals surface area contributed by atoms with Crippen LogP contribution < -0.4 is 10.8 Å². The molecule has 182 valence electrons. The predicted octanol–water partition coefficient (Wildman–Crippen LogP) is 4.64. The fourth-order valence-corrected chi connectivity index (χ4v) is 5.49. The van der Waals surface area contributed by atoms with Crippen LogP contribution in [0.3, 0.4) is 0 Å². The Morgan fingerprint density at radius 2 is 1.63 bits per heavy atom. The molecule has 0 aliphatic heterocycles. The molecule has 1 aromatic heterocycles. The Morgan fingerprint density at radius 3 is 2.39 bits per heavy atom. The van der Waals surface area contributed by atoms with Gasteiger partial charge in [0.25, 0.3) is 5.91 Å². The van der Waals surface area contributed by atoms with Crippen LogP contribution in [0.5, 0.6) is 0 Å². The number of nitrogens with zero attached hydrogens (tertiary/aromatic N) is 1. The van der Waals surface area contributed by atoms with E-state index in [1.54, 1.807) is 60.7 Å². The van der Waals surface area contributed by atoms with Gasteiger partial charge >= 0.3 is 0 Å². The number of ketones is 2. The van der Waals surface area contributed by atoms with Gasteiger partial charge in [-0.1, -0.05) is 63.9 Å². The quantitative estimate of drug-likeness (QED) is 0.196. The number of halogens is 1. The average molecular weight is 561 g/mol. The molecule has 0 fully saturated rings. The molecule has 1 aliphatic carbocycles. The number of anilines is 1. The van der Waals surface area contributed by atoms with Crippen LogP contribution in [0.25, 0.3) is 21.7 Å². The van der Waals surface area contributed by atoms with Gasteiger partial charge in [0, 0.05) is 26.5 Å². The Labute approximate surface area is 226 Å². The summed E-state index contributed by atoms with van der Waals surface area (Å²) < 4.78 is 0.852. The number of rotatable bonds is 4. The molecule has 5 aromatic rings. The summed E-state index contributed by atoms with van der Waals surface area (Å²) >= 11 is 3.55. The van der Waals surface area contributed by atoms with Crippen LogP contribution in [-0.4, -0.2) is 36.6 Å². The predicted molar refractivity (Wildman–Crippen MR) is 153 cm³/mol. The second-order valence-corrected chi connectivity index (χ2v) is 10.1. The van der Waals surface area contributed by atoms with E-state index in [4.69, 9.17) is 4.98 Å². The number of fused-ring (bicyclic) bond motifs is 3. The van der Waals surface area contributed by atoms with Gasteiger partial charge in [0.1, 0.15) is 13.8 Å². The van der Waals surface area contributed by atoms with Gasteiger partial charge in [0.15, 0.2) is 17.9 Å². The second kappa shape index (κ2) is 9.15. The molecule has 6 rings (SSSR count). The molecule has 38 heavy (non-hydrogen) atoms. The zero-order chi connectivity index (χ0) is 26.6. The molecule has 1 unspecified atom stereocenters. The highest BCUT2D eigenvalue weighted by molar-refractivity contribution is 9.10. The van der Waals surface area contributed by atoms with Gasteiger partial charge in [0.2, 0.25) is 0 Å². The van der Waals surface area contributed by atoms with E-state index in [9.17, 15) is 19.2 Å². The molecule has 0 spiro atoms. The highest BCUT2D eigenvalue weighted by Crippen LogP contribution is 2.38. The van der Waals surface area contributed by atoms with Crippen molar-refractivity contribution in [3.05, 3.63) is 111 Å². The molecule has 0 saturated carbocycles. The van der Waals surface area contributed by atoms with Gasteiger partial charge in [-0.05, 0) is 47.2 Å². The number of Topliss-reactive ketones (excluding diaryl/α,β-unsaturated/α-hetero) is 2. The minimum Gasteiger partial charge on any atom is -0.320 e. The largest absolute Gasteiger partial charge is 0.320 e. The smallest absolute Gasteiger partial charge is 0.256 e. The number of aromatic nitrogens is 1. The number of benzene rings is 4. The van der Waals surface area contributed by atoms with Crippen molar-refractivity contribution in [2.45, 2.75) is 5.92 Å². The summed E-state index contributed by atoms with van der Waals surface area (Å²) in [5.41, 5.74) is 3.47. The third kappa shape index (κ3) is 3.76. The molecule has 1 N–H and O–H groups in total.